The number of hydrogen-bond donors (Lipinski definition) is 0. The number of rotatable bonds is 6. The smallest absolute Gasteiger partial charge is 0.340 e. The Morgan fingerprint density at radius 2 is 1.72 bits per heavy atom. The number of fused-ring (bicyclic) bond motifs is 1. The lowest BCUT2D eigenvalue weighted by Gasteiger charge is -2.16. The minimum Gasteiger partial charge on any atom is -0.465 e. The van der Waals surface area contributed by atoms with E-state index in [2.05, 4.69) is 32.9 Å². The summed E-state index contributed by atoms with van der Waals surface area (Å²) in [6, 6.07) is 8.51. The first-order valence-corrected chi connectivity index (χ1v) is 10.2. The van der Waals surface area contributed by atoms with Gasteiger partial charge in [-0.1, -0.05) is 37.6 Å². The van der Waals surface area contributed by atoms with Crippen molar-refractivity contribution in [3.63, 3.8) is 0 Å². The largest absolute Gasteiger partial charge is 0.465 e. The van der Waals surface area contributed by atoms with Gasteiger partial charge in [0.25, 0.3) is 0 Å². The van der Waals surface area contributed by atoms with Gasteiger partial charge in [-0.2, -0.15) is 4.98 Å². The average Bonchev–Trinajstić information content (AvgIpc) is 3.01. The molecule has 0 aliphatic carbocycles. The maximum absolute atomic E-state index is 12.4. The van der Waals surface area contributed by atoms with Gasteiger partial charge in [-0.05, 0) is 62.3 Å². The van der Waals surface area contributed by atoms with E-state index in [4.69, 9.17) is 14.5 Å². The molecule has 0 fully saturated rings. The second-order valence-corrected chi connectivity index (χ2v) is 7.69. The quantitative estimate of drug-likeness (QED) is 0.483. The monoisotopic (exact) mass is 394 g/mol. The standard InChI is InChI=1S/C24H30N2O3/c1-8-17(9-2)18-10-11-19(23(27)28-7)20-21(18)26(6)24(25-20)29-22-15(4)12-14(3)13-16(22)5/h10-13,17H,8-9H2,1-7H3. The molecule has 0 saturated heterocycles. The number of nitrogens with zero attached hydrogens (tertiary/aromatic N) is 2. The highest BCUT2D eigenvalue weighted by atomic mass is 16.5. The van der Waals surface area contributed by atoms with Crippen LogP contribution in [-0.2, 0) is 11.8 Å². The number of aromatic nitrogens is 2. The van der Waals surface area contributed by atoms with Crippen LogP contribution >= 0.6 is 0 Å². The predicted octanol–water partition coefficient (Wildman–Crippen LogP) is 5.98. The molecule has 5 heteroatoms. The SMILES string of the molecule is CCC(CC)c1ccc(C(=O)OC)c2nc(Oc3c(C)cc(C)cc3C)n(C)c12. The number of ether oxygens (including phenoxy) is 2. The molecule has 0 unspecified atom stereocenters. The molecule has 3 rings (SSSR count). The first kappa shape index (κ1) is 20.9. The van der Waals surface area contributed by atoms with Gasteiger partial charge in [0.2, 0.25) is 0 Å². The van der Waals surface area contributed by atoms with Gasteiger partial charge in [0, 0.05) is 7.05 Å². The van der Waals surface area contributed by atoms with Gasteiger partial charge in [-0.25, -0.2) is 4.79 Å². The third-order valence-electron chi connectivity index (χ3n) is 5.64. The molecule has 0 atom stereocenters. The summed E-state index contributed by atoms with van der Waals surface area (Å²) in [5.74, 6) is 0.798. The fraction of sp³-hybridized carbons (Fsp3) is 0.417. The van der Waals surface area contributed by atoms with E-state index in [1.165, 1.54) is 18.2 Å². The van der Waals surface area contributed by atoms with Crippen molar-refractivity contribution in [2.24, 2.45) is 7.05 Å². The third kappa shape index (κ3) is 3.74. The number of methoxy groups -OCH3 is 1. The van der Waals surface area contributed by atoms with Gasteiger partial charge < -0.3 is 9.47 Å². The summed E-state index contributed by atoms with van der Waals surface area (Å²) in [6.07, 6.45) is 2.03. The predicted molar refractivity (Wildman–Crippen MR) is 116 cm³/mol. The molecule has 1 aromatic heterocycles. The zero-order valence-electron chi connectivity index (χ0n) is 18.4. The van der Waals surface area contributed by atoms with Crippen molar-refractivity contribution in [1.82, 2.24) is 9.55 Å². The molecule has 1 heterocycles. The molecule has 0 amide bonds. The van der Waals surface area contributed by atoms with Crippen molar-refractivity contribution in [3.8, 4) is 11.8 Å². The molecule has 0 bridgehead atoms. The van der Waals surface area contributed by atoms with Crippen LogP contribution in [0.1, 0.15) is 65.2 Å². The Labute approximate surface area is 172 Å². The number of esters is 1. The molecule has 0 aliphatic rings. The van der Waals surface area contributed by atoms with Crippen LogP contribution in [0.4, 0.5) is 0 Å². The molecule has 0 radical (unpaired) electrons. The van der Waals surface area contributed by atoms with Crippen LogP contribution in [0.15, 0.2) is 24.3 Å². The number of carbonyl (C=O) groups excluding carboxylic acids is 1. The number of hydrogen-bond acceptors (Lipinski definition) is 4. The molecule has 0 spiro atoms. The molecule has 0 N–H and O–H groups in total. The van der Waals surface area contributed by atoms with Crippen molar-refractivity contribution < 1.29 is 14.3 Å². The molecule has 154 valence electrons. The Hall–Kier alpha value is -2.82. The molecule has 29 heavy (non-hydrogen) atoms. The first-order chi connectivity index (χ1) is 13.8. The summed E-state index contributed by atoms with van der Waals surface area (Å²) in [6.45, 7) is 10.5. The summed E-state index contributed by atoms with van der Waals surface area (Å²) < 4.78 is 13.2. The minimum atomic E-state index is -0.390. The van der Waals surface area contributed by atoms with E-state index in [9.17, 15) is 4.79 Å². The van der Waals surface area contributed by atoms with Gasteiger partial charge >= 0.3 is 12.0 Å². The van der Waals surface area contributed by atoms with Crippen LogP contribution < -0.4 is 4.74 Å². The number of carbonyl (C=O) groups is 1. The van der Waals surface area contributed by atoms with E-state index >= 15 is 0 Å². The molecule has 2 aromatic carbocycles. The first-order valence-electron chi connectivity index (χ1n) is 10.2. The van der Waals surface area contributed by atoms with Gasteiger partial charge in [-0.3, -0.25) is 4.57 Å². The summed E-state index contributed by atoms with van der Waals surface area (Å²) in [5.41, 5.74) is 6.51. The van der Waals surface area contributed by atoms with Crippen LogP contribution in [0, 0.1) is 20.8 Å². The summed E-state index contributed by atoms with van der Waals surface area (Å²) in [7, 11) is 3.33. The van der Waals surface area contributed by atoms with E-state index in [0.717, 1.165) is 35.2 Å². The van der Waals surface area contributed by atoms with E-state index < -0.39 is 5.97 Å². The van der Waals surface area contributed by atoms with Crippen LogP contribution in [0.2, 0.25) is 0 Å². The second-order valence-electron chi connectivity index (χ2n) is 7.69. The highest BCUT2D eigenvalue weighted by Gasteiger charge is 2.23. The van der Waals surface area contributed by atoms with Gasteiger partial charge in [-0.15, -0.1) is 0 Å². The van der Waals surface area contributed by atoms with Crippen molar-refractivity contribution in [2.45, 2.75) is 53.4 Å². The lowest BCUT2D eigenvalue weighted by molar-refractivity contribution is 0.0603. The van der Waals surface area contributed by atoms with Crippen molar-refractivity contribution in [2.75, 3.05) is 7.11 Å². The van der Waals surface area contributed by atoms with E-state index in [0.29, 0.717) is 23.0 Å². The Kier molecular flexibility index (Phi) is 5.96. The van der Waals surface area contributed by atoms with Gasteiger partial charge in [0.05, 0.1) is 18.2 Å². The maximum Gasteiger partial charge on any atom is 0.340 e. The van der Waals surface area contributed by atoms with Crippen LogP contribution in [0.3, 0.4) is 0 Å². The zero-order chi connectivity index (χ0) is 21.3. The Morgan fingerprint density at radius 1 is 1.10 bits per heavy atom. The van der Waals surface area contributed by atoms with E-state index in [-0.39, 0.29) is 0 Å². The average molecular weight is 395 g/mol. The lowest BCUT2D eigenvalue weighted by atomic mass is 9.91. The second kappa shape index (κ2) is 8.27. The summed E-state index contributed by atoms with van der Waals surface area (Å²) >= 11 is 0. The third-order valence-corrected chi connectivity index (χ3v) is 5.64. The normalized spacial score (nSPS) is 11.3. The molecule has 5 nitrogen and oxygen atoms in total. The van der Waals surface area contributed by atoms with Gasteiger partial charge in [0.15, 0.2) is 0 Å². The van der Waals surface area contributed by atoms with Crippen molar-refractivity contribution in [3.05, 3.63) is 52.1 Å². The molecular weight excluding hydrogens is 364 g/mol. The van der Waals surface area contributed by atoms with E-state index in [1.807, 2.05) is 37.6 Å². The summed E-state index contributed by atoms with van der Waals surface area (Å²) in [5, 5.41) is 0. The van der Waals surface area contributed by atoms with Gasteiger partial charge in [0.1, 0.15) is 11.3 Å². The zero-order valence-corrected chi connectivity index (χ0v) is 18.4. The number of imidazole rings is 1. The van der Waals surface area contributed by atoms with Crippen LogP contribution in [-0.4, -0.2) is 22.6 Å². The lowest BCUT2D eigenvalue weighted by Crippen LogP contribution is -2.06. The molecule has 0 saturated carbocycles. The molecular formula is C24H30N2O3. The molecule has 0 aliphatic heterocycles. The Morgan fingerprint density at radius 3 is 2.28 bits per heavy atom. The topological polar surface area (TPSA) is 53.4 Å². The van der Waals surface area contributed by atoms with Crippen LogP contribution in [0.5, 0.6) is 11.8 Å². The Bertz CT molecular complexity index is 1040. The maximum atomic E-state index is 12.4. The Balaban J connectivity index is 2.23. The highest BCUT2D eigenvalue weighted by molar-refractivity contribution is 6.03. The minimum absolute atomic E-state index is 0.385. The fourth-order valence-electron chi connectivity index (χ4n) is 4.17. The van der Waals surface area contributed by atoms with Crippen molar-refractivity contribution in [1.29, 1.82) is 0 Å². The fourth-order valence-corrected chi connectivity index (χ4v) is 4.17. The number of aryl methyl sites for hydroxylation is 4. The van der Waals surface area contributed by atoms with Crippen LogP contribution in [0.25, 0.3) is 11.0 Å². The van der Waals surface area contributed by atoms with Crippen molar-refractivity contribution >= 4 is 17.0 Å². The summed E-state index contributed by atoms with van der Waals surface area (Å²) in [4.78, 5) is 17.1. The van der Waals surface area contributed by atoms with E-state index in [1.54, 1.807) is 0 Å². The molecule has 3 aromatic rings. The highest BCUT2D eigenvalue weighted by Crippen LogP contribution is 2.36. The number of benzene rings is 2.